The van der Waals surface area contributed by atoms with Gasteiger partial charge >= 0.3 is 12.1 Å². The molecular formula is C33H45F3N8O5. The van der Waals surface area contributed by atoms with Crippen LogP contribution >= 0.6 is 0 Å². The Hall–Kier alpha value is -5.15. The first-order valence-corrected chi connectivity index (χ1v) is 15.8. The number of benzene rings is 2. The third kappa shape index (κ3) is 14.7. The summed E-state index contributed by atoms with van der Waals surface area (Å²) < 4.78 is 31.7. The minimum absolute atomic E-state index is 0.0269. The number of guanidine groups is 1. The highest BCUT2D eigenvalue weighted by Gasteiger charge is 2.38. The summed E-state index contributed by atoms with van der Waals surface area (Å²) in [6.07, 6.45) is 1.82. The largest absolute Gasteiger partial charge is 0.490 e. The van der Waals surface area contributed by atoms with E-state index in [4.69, 9.17) is 38.2 Å². The Morgan fingerprint density at radius 2 is 1.45 bits per heavy atom. The van der Waals surface area contributed by atoms with Gasteiger partial charge in [-0.25, -0.2) is 4.79 Å². The highest BCUT2D eigenvalue weighted by molar-refractivity contribution is 5.95. The van der Waals surface area contributed by atoms with E-state index >= 15 is 0 Å². The molecule has 1 saturated carbocycles. The molecule has 0 radical (unpaired) electrons. The van der Waals surface area contributed by atoms with Crippen molar-refractivity contribution < 1.29 is 37.5 Å². The van der Waals surface area contributed by atoms with Gasteiger partial charge in [-0.2, -0.15) is 13.2 Å². The van der Waals surface area contributed by atoms with E-state index in [1.807, 2.05) is 42.5 Å². The molecule has 3 amide bonds. The van der Waals surface area contributed by atoms with Crippen LogP contribution in [0.4, 0.5) is 13.2 Å². The Labute approximate surface area is 282 Å². The van der Waals surface area contributed by atoms with Gasteiger partial charge in [0.05, 0.1) is 5.92 Å². The maximum Gasteiger partial charge on any atom is 0.490 e. The van der Waals surface area contributed by atoms with Crippen LogP contribution in [0, 0.1) is 11.3 Å². The Bertz CT molecular complexity index is 1430. The Kier molecular flexibility index (Phi) is 16.0. The highest BCUT2D eigenvalue weighted by Crippen LogP contribution is 2.28. The fourth-order valence-corrected chi connectivity index (χ4v) is 5.42. The predicted octanol–water partition coefficient (Wildman–Crippen LogP) is 2.41. The van der Waals surface area contributed by atoms with Crippen LogP contribution in [0.15, 0.2) is 59.6 Å². The number of carbonyl (C=O) groups is 4. The zero-order chi connectivity index (χ0) is 36.6. The van der Waals surface area contributed by atoms with Crippen molar-refractivity contribution in [1.29, 1.82) is 5.41 Å². The lowest BCUT2D eigenvalue weighted by Gasteiger charge is -2.29. The van der Waals surface area contributed by atoms with Gasteiger partial charge < -0.3 is 38.7 Å². The number of amidine groups is 1. The maximum absolute atomic E-state index is 13.9. The number of amides is 3. The highest BCUT2D eigenvalue weighted by atomic mass is 19.4. The number of carboxylic acids is 1. The minimum Gasteiger partial charge on any atom is -0.475 e. The summed E-state index contributed by atoms with van der Waals surface area (Å²) >= 11 is 0. The molecule has 2 aromatic rings. The summed E-state index contributed by atoms with van der Waals surface area (Å²) in [5.41, 5.74) is 24.3. The normalized spacial score (nSPS) is 14.9. The van der Waals surface area contributed by atoms with Gasteiger partial charge in [-0.15, -0.1) is 0 Å². The zero-order valence-corrected chi connectivity index (χ0v) is 27.0. The van der Waals surface area contributed by atoms with Crippen LogP contribution in [0.2, 0.25) is 0 Å². The van der Waals surface area contributed by atoms with E-state index in [2.05, 4.69) is 15.6 Å². The monoisotopic (exact) mass is 690 g/mol. The summed E-state index contributed by atoms with van der Waals surface area (Å²) in [6, 6.07) is 14.9. The van der Waals surface area contributed by atoms with Crippen molar-refractivity contribution in [3.63, 3.8) is 0 Å². The molecule has 0 bridgehead atoms. The predicted molar refractivity (Wildman–Crippen MR) is 178 cm³/mol. The number of nitrogens with two attached hydrogens (primary N) is 4. The summed E-state index contributed by atoms with van der Waals surface area (Å²) in [4.78, 5) is 52.5. The van der Waals surface area contributed by atoms with E-state index in [0.717, 1.165) is 43.2 Å². The molecule has 16 heteroatoms. The van der Waals surface area contributed by atoms with E-state index in [0.29, 0.717) is 31.4 Å². The number of alkyl halides is 3. The van der Waals surface area contributed by atoms with E-state index < -0.39 is 42.0 Å². The van der Waals surface area contributed by atoms with Crippen LogP contribution in [0.25, 0.3) is 0 Å². The average Bonchev–Trinajstić information content (AvgIpc) is 3.05. The van der Waals surface area contributed by atoms with Crippen molar-refractivity contribution in [1.82, 2.24) is 10.6 Å². The average molecular weight is 691 g/mol. The molecule has 0 unspecified atom stereocenters. The first kappa shape index (κ1) is 40.0. The third-order valence-corrected chi connectivity index (χ3v) is 8.00. The van der Waals surface area contributed by atoms with E-state index in [1.54, 1.807) is 12.1 Å². The molecule has 13 nitrogen and oxygen atoms in total. The van der Waals surface area contributed by atoms with Crippen LogP contribution in [-0.4, -0.2) is 65.4 Å². The van der Waals surface area contributed by atoms with Gasteiger partial charge in [-0.3, -0.25) is 24.8 Å². The fraction of sp³-hybridized carbons (Fsp3) is 0.455. The summed E-state index contributed by atoms with van der Waals surface area (Å²) in [7, 11) is 0. The van der Waals surface area contributed by atoms with Gasteiger partial charge in [0.2, 0.25) is 17.7 Å². The van der Waals surface area contributed by atoms with E-state index in [1.165, 1.54) is 0 Å². The maximum atomic E-state index is 13.9. The van der Waals surface area contributed by atoms with Crippen LogP contribution < -0.4 is 33.6 Å². The van der Waals surface area contributed by atoms with Crippen molar-refractivity contribution in [3.05, 3.63) is 71.3 Å². The zero-order valence-electron chi connectivity index (χ0n) is 27.0. The number of nitrogen functional groups attached to an aromatic ring is 1. The Morgan fingerprint density at radius 3 is 1.96 bits per heavy atom. The topological polar surface area (TPSA) is 253 Å². The number of aliphatic carboxylic acids is 1. The quantitative estimate of drug-likeness (QED) is 0.0781. The molecule has 3 atom stereocenters. The molecule has 268 valence electrons. The molecule has 0 aliphatic heterocycles. The molecule has 12 N–H and O–H groups in total. The van der Waals surface area contributed by atoms with Crippen molar-refractivity contribution in [2.75, 3.05) is 6.54 Å². The molecule has 0 aromatic heterocycles. The van der Waals surface area contributed by atoms with Crippen LogP contribution in [0.1, 0.15) is 74.0 Å². The molecule has 2 aromatic carbocycles. The number of hydrogen-bond acceptors (Lipinski definition) is 6. The molecule has 3 rings (SSSR count). The minimum atomic E-state index is -5.08. The van der Waals surface area contributed by atoms with E-state index in [-0.39, 0.29) is 30.0 Å². The molecule has 1 aliphatic carbocycles. The second-order valence-corrected chi connectivity index (χ2v) is 11.8. The molecular weight excluding hydrogens is 645 g/mol. The van der Waals surface area contributed by atoms with Crippen LogP contribution in [0.5, 0.6) is 0 Å². The first-order chi connectivity index (χ1) is 23.1. The molecule has 1 aliphatic rings. The summed E-state index contributed by atoms with van der Waals surface area (Å²) in [5.74, 6) is -4.48. The molecule has 0 spiro atoms. The lowest BCUT2D eigenvalue weighted by molar-refractivity contribution is -0.192. The van der Waals surface area contributed by atoms with E-state index in [9.17, 15) is 27.6 Å². The first-order valence-electron chi connectivity index (χ1n) is 15.8. The standard InChI is InChI=1S/C31H44N8O3.C2HF3O2/c32-27(33)23-15-13-21(14-16-23)18-24(22-10-5-2-6-11-22)29(41)39-26(19-20-8-3-1-4-9-20)30(42)38-25(28(34)40)12-7-17-37-31(35)36;3-2(4,5)1(6)7/h2,5-6,10-11,13-16,20,24-26H,1,3-4,7-9,12,17-19H2,(H3,32,33)(H2,34,40)(H,38,42)(H,39,41)(H4,35,36,37);(H,6,7)/t24-,25+,26+;/m1./s1. The van der Waals surface area contributed by atoms with Gasteiger partial charge in [-0.1, -0.05) is 86.7 Å². The van der Waals surface area contributed by atoms with Crippen LogP contribution in [0.3, 0.4) is 0 Å². The fourth-order valence-electron chi connectivity index (χ4n) is 5.42. The number of halogens is 3. The SMILES string of the molecule is N=C(N)c1ccc(C[C@@H](C(=O)N[C@@H](CC2CCCCC2)C(=O)N[C@@H](CCCN=C(N)N)C(N)=O)c2ccccc2)cc1.O=C(O)C(F)(F)F. The molecule has 49 heavy (non-hydrogen) atoms. The Balaban J connectivity index is 0.00000107. The van der Waals surface area contributed by atoms with Gasteiger partial charge in [0, 0.05) is 12.1 Å². The van der Waals surface area contributed by atoms with Crippen LogP contribution in [-0.2, 0) is 25.6 Å². The summed E-state index contributed by atoms with van der Waals surface area (Å²) in [6.45, 7) is 0.302. The van der Waals surface area contributed by atoms with Gasteiger partial charge in [0.1, 0.15) is 17.9 Å². The third-order valence-electron chi connectivity index (χ3n) is 8.00. The smallest absolute Gasteiger partial charge is 0.475 e. The number of aliphatic imine (C=N–C) groups is 1. The number of carboxylic acid groups (broad SMARTS) is 1. The van der Waals surface area contributed by atoms with Crippen molar-refractivity contribution in [2.24, 2.45) is 33.8 Å². The van der Waals surface area contributed by atoms with Crippen molar-refractivity contribution in [2.45, 2.75) is 82.0 Å². The van der Waals surface area contributed by atoms with Crippen molar-refractivity contribution >= 4 is 35.5 Å². The van der Waals surface area contributed by atoms with Gasteiger partial charge in [-0.05, 0) is 42.7 Å². The summed E-state index contributed by atoms with van der Waals surface area (Å²) in [5, 5.41) is 20.6. The second-order valence-electron chi connectivity index (χ2n) is 11.8. The van der Waals surface area contributed by atoms with Crippen molar-refractivity contribution in [3.8, 4) is 0 Å². The lowest BCUT2D eigenvalue weighted by atomic mass is 9.84. The lowest BCUT2D eigenvalue weighted by Crippen LogP contribution is -2.54. The number of primary amides is 1. The second kappa shape index (κ2) is 19.6. The number of nitrogens with one attached hydrogen (secondary N) is 3. The molecule has 1 fully saturated rings. The number of nitrogens with zero attached hydrogens (tertiary/aromatic N) is 1. The number of hydrogen-bond donors (Lipinski definition) is 8. The Morgan fingerprint density at radius 1 is 0.878 bits per heavy atom. The number of rotatable bonds is 15. The number of carbonyl (C=O) groups excluding carboxylic acids is 3. The van der Waals surface area contributed by atoms with Gasteiger partial charge in [0.25, 0.3) is 0 Å². The molecule has 0 heterocycles. The molecule has 0 saturated heterocycles. The van der Waals surface area contributed by atoms with Gasteiger partial charge in [0.15, 0.2) is 5.96 Å².